The summed E-state index contributed by atoms with van der Waals surface area (Å²) >= 11 is 3.28. The highest BCUT2D eigenvalue weighted by molar-refractivity contribution is 9.10. The molecule has 5 nitrogen and oxygen atoms in total. The van der Waals surface area contributed by atoms with Crippen LogP contribution in [0.2, 0.25) is 0 Å². The summed E-state index contributed by atoms with van der Waals surface area (Å²) in [5, 5.41) is 2.72. The Hall–Kier alpha value is -1.56. The molecule has 1 amide bonds. The van der Waals surface area contributed by atoms with Crippen molar-refractivity contribution in [3.8, 4) is 5.75 Å². The summed E-state index contributed by atoms with van der Waals surface area (Å²) in [5.41, 5.74) is 0.411. The number of halogens is 1. The van der Waals surface area contributed by atoms with Gasteiger partial charge in [0.15, 0.2) is 6.61 Å². The lowest BCUT2D eigenvalue weighted by molar-refractivity contribution is -0.123. The van der Waals surface area contributed by atoms with Gasteiger partial charge < -0.3 is 14.8 Å². The summed E-state index contributed by atoms with van der Waals surface area (Å²) in [6, 6.07) is 4.84. The van der Waals surface area contributed by atoms with Crippen LogP contribution in [0.1, 0.15) is 24.2 Å². The number of amides is 1. The highest BCUT2D eigenvalue weighted by atomic mass is 79.9. The Labute approximate surface area is 120 Å². The third-order valence-electron chi connectivity index (χ3n) is 2.16. The van der Waals surface area contributed by atoms with Crippen molar-refractivity contribution in [2.75, 3.05) is 13.7 Å². The molecule has 0 spiro atoms. The van der Waals surface area contributed by atoms with Gasteiger partial charge in [-0.25, -0.2) is 4.79 Å². The normalized spacial score (nSPS) is 10.2. The molecule has 0 aromatic heterocycles. The molecule has 1 N–H and O–H groups in total. The number of benzene rings is 1. The molecule has 1 aromatic carbocycles. The van der Waals surface area contributed by atoms with Crippen LogP contribution in [-0.2, 0) is 9.53 Å². The zero-order chi connectivity index (χ0) is 14.4. The second kappa shape index (κ2) is 7.13. The fourth-order valence-electron chi connectivity index (χ4n) is 1.37. The van der Waals surface area contributed by atoms with Gasteiger partial charge in [0.1, 0.15) is 5.75 Å². The largest absolute Gasteiger partial charge is 0.483 e. The first-order valence-electron chi connectivity index (χ1n) is 5.74. The standard InChI is InChI=1S/C13H16BrNO4/c1-8(2)15-12(16)7-19-11-5-4-9(6-10(11)14)13(17)18-3/h4-6,8H,7H2,1-3H3,(H,15,16). The lowest BCUT2D eigenvalue weighted by Crippen LogP contribution is -2.34. The molecule has 0 unspecified atom stereocenters. The third-order valence-corrected chi connectivity index (χ3v) is 2.78. The molecule has 0 bridgehead atoms. The van der Waals surface area contributed by atoms with Crippen molar-refractivity contribution in [3.63, 3.8) is 0 Å². The smallest absolute Gasteiger partial charge is 0.337 e. The molecule has 0 saturated heterocycles. The number of rotatable bonds is 5. The van der Waals surface area contributed by atoms with Gasteiger partial charge >= 0.3 is 5.97 Å². The molecule has 0 saturated carbocycles. The number of hydrogen-bond acceptors (Lipinski definition) is 4. The Balaban J connectivity index is 2.65. The Morgan fingerprint density at radius 2 is 2.05 bits per heavy atom. The number of nitrogens with one attached hydrogen (secondary N) is 1. The van der Waals surface area contributed by atoms with Crippen LogP contribution in [0.4, 0.5) is 0 Å². The van der Waals surface area contributed by atoms with Gasteiger partial charge in [-0.2, -0.15) is 0 Å². The number of carbonyl (C=O) groups excluding carboxylic acids is 2. The molecule has 0 atom stereocenters. The van der Waals surface area contributed by atoms with E-state index in [1.54, 1.807) is 18.2 Å². The minimum Gasteiger partial charge on any atom is -0.483 e. The minimum absolute atomic E-state index is 0.0706. The molecule has 0 aliphatic heterocycles. The van der Waals surface area contributed by atoms with E-state index in [9.17, 15) is 9.59 Å². The first kappa shape index (κ1) is 15.5. The van der Waals surface area contributed by atoms with Crippen LogP contribution in [0.5, 0.6) is 5.75 Å². The predicted octanol–water partition coefficient (Wildman–Crippen LogP) is 2.14. The van der Waals surface area contributed by atoms with Crippen LogP contribution in [0, 0.1) is 0 Å². The van der Waals surface area contributed by atoms with Gasteiger partial charge in [0.25, 0.3) is 5.91 Å². The number of esters is 1. The van der Waals surface area contributed by atoms with Crippen molar-refractivity contribution in [1.29, 1.82) is 0 Å². The molecule has 104 valence electrons. The average Bonchev–Trinajstić information content (AvgIpc) is 2.35. The first-order chi connectivity index (χ1) is 8.93. The minimum atomic E-state index is -0.426. The van der Waals surface area contributed by atoms with Crippen molar-refractivity contribution >= 4 is 27.8 Å². The van der Waals surface area contributed by atoms with Crippen molar-refractivity contribution in [2.45, 2.75) is 19.9 Å². The van der Waals surface area contributed by atoms with Crippen molar-refractivity contribution in [3.05, 3.63) is 28.2 Å². The summed E-state index contributed by atoms with van der Waals surface area (Å²) < 4.78 is 10.6. The summed E-state index contributed by atoms with van der Waals surface area (Å²) in [4.78, 5) is 22.8. The monoisotopic (exact) mass is 329 g/mol. The molecule has 0 fully saturated rings. The van der Waals surface area contributed by atoms with Crippen LogP contribution in [-0.4, -0.2) is 31.6 Å². The van der Waals surface area contributed by atoms with Crippen LogP contribution >= 0.6 is 15.9 Å². The van der Waals surface area contributed by atoms with Gasteiger partial charge in [-0.05, 0) is 48.0 Å². The topological polar surface area (TPSA) is 64.6 Å². The summed E-state index contributed by atoms with van der Waals surface area (Å²) in [5.74, 6) is -0.129. The second-order valence-electron chi connectivity index (χ2n) is 4.15. The zero-order valence-corrected chi connectivity index (χ0v) is 12.6. The van der Waals surface area contributed by atoms with Gasteiger partial charge in [0, 0.05) is 6.04 Å². The molecule has 19 heavy (non-hydrogen) atoms. The fraction of sp³-hybridized carbons (Fsp3) is 0.385. The molecule has 0 radical (unpaired) electrons. The quantitative estimate of drug-likeness (QED) is 0.840. The van der Waals surface area contributed by atoms with Crippen LogP contribution in [0.3, 0.4) is 0 Å². The maximum absolute atomic E-state index is 11.4. The van der Waals surface area contributed by atoms with Crippen LogP contribution in [0.25, 0.3) is 0 Å². The van der Waals surface area contributed by atoms with Gasteiger partial charge in [-0.15, -0.1) is 0 Å². The lowest BCUT2D eigenvalue weighted by Gasteiger charge is -2.11. The van der Waals surface area contributed by atoms with E-state index in [2.05, 4.69) is 26.0 Å². The van der Waals surface area contributed by atoms with Crippen molar-refractivity contribution in [1.82, 2.24) is 5.32 Å². The summed E-state index contributed by atoms with van der Waals surface area (Å²) in [6.07, 6.45) is 0. The molecule has 1 rings (SSSR count). The van der Waals surface area contributed by atoms with E-state index in [0.717, 1.165) is 0 Å². The van der Waals surface area contributed by atoms with Gasteiger partial charge in [-0.3, -0.25) is 4.79 Å². The van der Waals surface area contributed by atoms with Gasteiger partial charge in [0.2, 0.25) is 0 Å². The van der Waals surface area contributed by atoms with E-state index in [4.69, 9.17) is 4.74 Å². The second-order valence-corrected chi connectivity index (χ2v) is 5.00. The number of methoxy groups -OCH3 is 1. The molecule has 0 heterocycles. The molecule has 0 aliphatic carbocycles. The highest BCUT2D eigenvalue weighted by Gasteiger charge is 2.10. The van der Waals surface area contributed by atoms with Crippen molar-refractivity contribution in [2.24, 2.45) is 0 Å². The average molecular weight is 330 g/mol. The number of ether oxygens (including phenoxy) is 2. The van der Waals surface area contributed by atoms with E-state index in [1.807, 2.05) is 13.8 Å². The van der Waals surface area contributed by atoms with Gasteiger partial charge in [-0.1, -0.05) is 0 Å². The van der Waals surface area contributed by atoms with Gasteiger partial charge in [0.05, 0.1) is 17.1 Å². The molecule has 0 aliphatic rings. The Kier molecular flexibility index (Phi) is 5.82. The van der Waals surface area contributed by atoms with Crippen LogP contribution < -0.4 is 10.1 Å². The van der Waals surface area contributed by atoms with E-state index in [0.29, 0.717) is 15.8 Å². The Morgan fingerprint density at radius 3 is 2.58 bits per heavy atom. The number of hydrogen-bond donors (Lipinski definition) is 1. The molecule has 6 heteroatoms. The zero-order valence-electron chi connectivity index (χ0n) is 11.0. The van der Waals surface area contributed by atoms with E-state index >= 15 is 0 Å². The summed E-state index contributed by atoms with van der Waals surface area (Å²) in [7, 11) is 1.32. The van der Waals surface area contributed by atoms with Crippen molar-refractivity contribution < 1.29 is 19.1 Å². The van der Waals surface area contributed by atoms with Crippen LogP contribution in [0.15, 0.2) is 22.7 Å². The molecular formula is C13H16BrNO4. The Morgan fingerprint density at radius 1 is 1.37 bits per heavy atom. The SMILES string of the molecule is COC(=O)c1ccc(OCC(=O)NC(C)C)c(Br)c1. The number of carbonyl (C=O) groups is 2. The molecular weight excluding hydrogens is 314 g/mol. The van der Waals surface area contributed by atoms with E-state index in [-0.39, 0.29) is 18.6 Å². The lowest BCUT2D eigenvalue weighted by atomic mass is 10.2. The fourth-order valence-corrected chi connectivity index (χ4v) is 1.86. The first-order valence-corrected chi connectivity index (χ1v) is 6.53. The molecule has 1 aromatic rings. The Bertz CT molecular complexity index is 474. The summed E-state index contributed by atoms with van der Waals surface area (Å²) in [6.45, 7) is 3.67. The highest BCUT2D eigenvalue weighted by Crippen LogP contribution is 2.26. The third kappa shape index (κ3) is 4.90. The van der Waals surface area contributed by atoms with E-state index in [1.165, 1.54) is 7.11 Å². The maximum atomic E-state index is 11.4. The van der Waals surface area contributed by atoms with E-state index < -0.39 is 5.97 Å². The maximum Gasteiger partial charge on any atom is 0.337 e. The predicted molar refractivity (Wildman–Crippen MR) is 74.3 cm³/mol.